The Morgan fingerprint density at radius 1 is 0.786 bits per heavy atom. The van der Waals surface area contributed by atoms with Crippen LogP contribution in [0.2, 0.25) is 0 Å². The van der Waals surface area contributed by atoms with Gasteiger partial charge in [-0.15, -0.1) is 0 Å². The van der Waals surface area contributed by atoms with E-state index in [1.54, 1.807) is 0 Å². The molecule has 0 aliphatic rings. The zero-order valence-electron chi connectivity index (χ0n) is 10.1. The van der Waals surface area contributed by atoms with E-state index < -0.39 is 10.8 Å². The molecule has 0 N–H and O–H groups in total. The van der Waals surface area contributed by atoms with Crippen LogP contribution in [0, 0.1) is 10.8 Å². The summed E-state index contributed by atoms with van der Waals surface area (Å²) in [6.45, 7) is 11.0. The Morgan fingerprint density at radius 3 is 1.14 bits per heavy atom. The number of hydrogen-bond donors (Lipinski definition) is 0. The van der Waals surface area contributed by atoms with Crippen LogP contribution >= 0.6 is 0 Å². The van der Waals surface area contributed by atoms with Crippen molar-refractivity contribution in [3.63, 3.8) is 0 Å². The molecule has 0 saturated heterocycles. The molecule has 0 rings (SSSR count). The molecule has 2 nitrogen and oxygen atoms in total. The standard InChI is InChI=1S/C11H20O2.Ga/c1-10(2,3)8(12)7-9(13)11(4,5)6;/h7H2,1-6H3;. The van der Waals surface area contributed by atoms with Gasteiger partial charge in [0, 0.05) is 30.6 Å². The topological polar surface area (TPSA) is 34.1 Å². The molecule has 3 radical (unpaired) electrons. The van der Waals surface area contributed by atoms with E-state index >= 15 is 0 Å². The molecule has 0 atom stereocenters. The zero-order chi connectivity index (χ0) is 10.9. The Balaban J connectivity index is 0. The van der Waals surface area contributed by atoms with Gasteiger partial charge in [0.15, 0.2) is 0 Å². The molecule has 0 aromatic rings. The minimum Gasteiger partial charge on any atom is -0.299 e. The van der Waals surface area contributed by atoms with Crippen molar-refractivity contribution in [3.8, 4) is 0 Å². The summed E-state index contributed by atoms with van der Waals surface area (Å²) in [5, 5.41) is 0. The number of ketones is 2. The number of carbonyl (C=O) groups is 2. The molecular formula is C11H20GaO2. The predicted molar refractivity (Wildman–Crippen MR) is 59.3 cm³/mol. The summed E-state index contributed by atoms with van der Waals surface area (Å²) in [4.78, 5) is 23.0. The predicted octanol–water partition coefficient (Wildman–Crippen LogP) is 2.23. The summed E-state index contributed by atoms with van der Waals surface area (Å²) in [5.74, 6) is 0.0415. The van der Waals surface area contributed by atoms with Crippen LogP contribution in [0.3, 0.4) is 0 Å². The third kappa shape index (κ3) is 5.65. The molecular weight excluding hydrogens is 234 g/mol. The van der Waals surface area contributed by atoms with Crippen molar-refractivity contribution in [1.29, 1.82) is 0 Å². The number of hydrogen-bond acceptors (Lipinski definition) is 2. The van der Waals surface area contributed by atoms with E-state index in [9.17, 15) is 9.59 Å². The van der Waals surface area contributed by atoms with Crippen LogP contribution in [0.1, 0.15) is 48.0 Å². The van der Waals surface area contributed by atoms with E-state index in [4.69, 9.17) is 0 Å². The maximum atomic E-state index is 11.5. The SMILES string of the molecule is CC(C)(C)C(=O)CC(=O)C(C)(C)C.[Ga]. The molecule has 0 spiro atoms. The summed E-state index contributed by atoms with van der Waals surface area (Å²) in [5.41, 5.74) is -0.804. The largest absolute Gasteiger partial charge is 0.299 e. The van der Waals surface area contributed by atoms with Gasteiger partial charge in [0.1, 0.15) is 11.6 Å². The van der Waals surface area contributed by atoms with Gasteiger partial charge in [-0.25, -0.2) is 0 Å². The first-order valence-electron chi connectivity index (χ1n) is 4.62. The van der Waals surface area contributed by atoms with E-state index in [1.807, 2.05) is 41.5 Å². The van der Waals surface area contributed by atoms with E-state index in [0.717, 1.165) is 0 Å². The summed E-state index contributed by atoms with van der Waals surface area (Å²) >= 11 is 0. The van der Waals surface area contributed by atoms with Crippen molar-refractivity contribution in [2.75, 3.05) is 0 Å². The molecule has 0 heterocycles. The molecule has 0 aromatic carbocycles. The number of carbonyl (C=O) groups excluding carboxylic acids is 2. The van der Waals surface area contributed by atoms with Crippen LogP contribution in [-0.4, -0.2) is 31.4 Å². The van der Waals surface area contributed by atoms with E-state index in [2.05, 4.69) is 0 Å². The Labute approximate surface area is 99.9 Å². The fourth-order valence-corrected chi connectivity index (χ4v) is 0.676. The third-order valence-corrected chi connectivity index (χ3v) is 1.99. The van der Waals surface area contributed by atoms with Gasteiger partial charge in [0.25, 0.3) is 0 Å². The van der Waals surface area contributed by atoms with Crippen molar-refractivity contribution in [3.05, 3.63) is 0 Å². The molecule has 0 aliphatic heterocycles. The van der Waals surface area contributed by atoms with Crippen molar-refractivity contribution in [2.45, 2.75) is 48.0 Å². The first-order valence-corrected chi connectivity index (χ1v) is 4.62. The first kappa shape index (κ1) is 16.4. The van der Waals surface area contributed by atoms with Crippen molar-refractivity contribution in [1.82, 2.24) is 0 Å². The van der Waals surface area contributed by atoms with Gasteiger partial charge >= 0.3 is 0 Å². The van der Waals surface area contributed by atoms with Crippen molar-refractivity contribution in [2.24, 2.45) is 10.8 Å². The Hall–Kier alpha value is -0.0236. The quantitative estimate of drug-likeness (QED) is 0.559. The van der Waals surface area contributed by atoms with Gasteiger partial charge in [-0.1, -0.05) is 41.5 Å². The van der Waals surface area contributed by atoms with Crippen LogP contribution in [0.25, 0.3) is 0 Å². The fourth-order valence-electron chi connectivity index (χ4n) is 0.676. The molecule has 0 aliphatic carbocycles. The van der Waals surface area contributed by atoms with Gasteiger partial charge in [-0.2, -0.15) is 0 Å². The van der Waals surface area contributed by atoms with Crippen molar-refractivity contribution >= 4 is 31.4 Å². The molecule has 79 valence electrons. The van der Waals surface area contributed by atoms with Crippen LogP contribution in [0.4, 0.5) is 0 Å². The van der Waals surface area contributed by atoms with Crippen LogP contribution in [0.5, 0.6) is 0 Å². The number of rotatable bonds is 2. The smallest absolute Gasteiger partial charge is 0.145 e. The van der Waals surface area contributed by atoms with E-state index in [0.29, 0.717) is 0 Å². The van der Waals surface area contributed by atoms with Gasteiger partial charge in [0.2, 0.25) is 0 Å². The maximum Gasteiger partial charge on any atom is 0.145 e. The third-order valence-electron chi connectivity index (χ3n) is 1.99. The van der Waals surface area contributed by atoms with E-state index in [-0.39, 0.29) is 37.8 Å². The molecule has 0 bridgehead atoms. The Kier molecular flexibility index (Phi) is 6.06. The minimum absolute atomic E-state index is 0. The Bertz CT molecular complexity index is 194. The van der Waals surface area contributed by atoms with Gasteiger partial charge < -0.3 is 0 Å². The van der Waals surface area contributed by atoms with Gasteiger partial charge in [-0.05, 0) is 0 Å². The van der Waals surface area contributed by atoms with Crippen LogP contribution < -0.4 is 0 Å². The average Bonchev–Trinajstić information content (AvgIpc) is 1.82. The molecule has 0 saturated carbocycles. The minimum atomic E-state index is -0.402. The zero-order valence-corrected chi connectivity index (χ0v) is 12.5. The Morgan fingerprint density at radius 2 is 1.00 bits per heavy atom. The van der Waals surface area contributed by atoms with Gasteiger partial charge in [-0.3, -0.25) is 9.59 Å². The summed E-state index contributed by atoms with van der Waals surface area (Å²) in [7, 11) is 0. The van der Waals surface area contributed by atoms with Crippen LogP contribution in [-0.2, 0) is 9.59 Å². The molecule has 0 fully saturated rings. The second-order valence-corrected chi connectivity index (χ2v) is 5.52. The first-order chi connectivity index (χ1) is 5.55. The molecule has 3 heteroatoms. The summed E-state index contributed by atoms with van der Waals surface area (Å²) in [6.07, 6.45) is 0.0625. The molecule has 0 amide bonds. The normalized spacial score (nSPS) is 11.9. The molecule has 14 heavy (non-hydrogen) atoms. The van der Waals surface area contributed by atoms with Crippen molar-refractivity contribution < 1.29 is 9.59 Å². The number of Topliss-reactive ketones (excluding diaryl/α,β-unsaturated/α-hetero) is 2. The molecule has 0 unspecified atom stereocenters. The van der Waals surface area contributed by atoms with Crippen LogP contribution in [0.15, 0.2) is 0 Å². The second-order valence-electron chi connectivity index (χ2n) is 5.52. The van der Waals surface area contributed by atoms with E-state index in [1.165, 1.54) is 0 Å². The summed E-state index contributed by atoms with van der Waals surface area (Å²) < 4.78 is 0. The summed E-state index contributed by atoms with van der Waals surface area (Å²) in [6, 6.07) is 0. The monoisotopic (exact) mass is 253 g/mol. The van der Waals surface area contributed by atoms with Gasteiger partial charge in [0.05, 0.1) is 6.42 Å². The maximum absolute atomic E-state index is 11.5. The second kappa shape index (κ2) is 5.17. The fraction of sp³-hybridized carbons (Fsp3) is 0.818. The average molecular weight is 254 g/mol. The molecule has 0 aromatic heterocycles.